The number of benzene rings is 1. The van der Waals surface area contributed by atoms with Gasteiger partial charge in [0.05, 0.1) is 5.92 Å². The SMILES string of the molecule is C[CH][C]([CH]c1ccccc1)C(C)=O. The molecule has 1 rings (SSSR count). The predicted octanol–water partition coefficient (Wildman–Crippen LogP) is 2.63. The van der Waals surface area contributed by atoms with Gasteiger partial charge in [0, 0.05) is 6.42 Å². The number of rotatable bonds is 4. The summed E-state index contributed by atoms with van der Waals surface area (Å²) in [7, 11) is 0. The van der Waals surface area contributed by atoms with E-state index in [0.29, 0.717) is 0 Å². The van der Waals surface area contributed by atoms with E-state index in [9.17, 15) is 4.79 Å². The van der Waals surface area contributed by atoms with Crippen LogP contribution < -0.4 is 0 Å². The number of hydrogen-bond acceptors (Lipinski definition) is 1. The Labute approximate surface area is 79.8 Å². The third-order valence-corrected chi connectivity index (χ3v) is 1.84. The molecule has 0 amide bonds. The molecule has 0 heterocycles. The normalized spacial score (nSPS) is 10.4. The molecule has 0 saturated heterocycles. The van der Waals surface area contributed by atoms with E-state index in [2.05, 4.69) is 0 Å². The quantitative estimate of drug-likeness (QED) is 0.684. The van der Waals surface area contributed by atoms with Crippen LogP contribution in [0.25, 0.3) is 0 Å². The molecular weight excluding hydrogens is 160 g/mol. The van der Waals surface area contributed by atoms with Gasteiger partial charge in [-0.15, -0.1) is 0 Å². The summed E-state index contributed by atoms with van der Waals surface area (Å²) in [6, 6.07) is 9.83. The van der Waals surface area contributed by atoms with Crippen LogP contribution in [-0.4, -0.2) is 5.78 Å². The standard InChI is InChI=1S/C12H13O/c1-3-12(10(2)13)9-11-7-5-4-6-8-11/h3-9H,1-2H3. The van der Waals surface area contributed by atoms with E-state index in [1.807, 2.05) is 50.1 Å². The Morgan fingerprint density at radius 1 is 1.23 bits per heavy atom. The van der Waals surface area contributed by atoms with E-state index in [1.54, 1.807) is 6.92 Å². The van der Waals surface area contributed by atoms with E-state index < -0.39 is 0 Å². The van der Waals surface area contributed by atoms with Crippen LogP contribution in [0.5, 0.6) is 0 Å². The highest BCUT2D eigenvalue weighted by atomic mass is 16.1. The van der Waals surface area contributed by atoms with Crippen molar-refractivity contribution in [2.75, 3.05) is 0 Å². The fraction of sp³-hybridized carbons (Fsp3) is 0.167. The molecule has 0 saturated carbocycles. The summed E-state index contributed by atoms with van der Waals surface area (Å²) in [4.78, 5) is 11.1. The lowest BCUT2D eigenvalue weighted by atomic mass is 9.94. The zero-order chi connectivity index (χ0) is 9.68. The van der Waals surface area contributed by atoms with Crippen LogP contribution in [0.2, 0.25) is 0 Å². The van der Waals surface area contributed by atoms with Crippen LogP contribution in [-0.2, 0) is 4.79 Å². The molecule has 0 aliphatic heterocycles. The number of ketones is 1. The van der Waals surface area contributed by atoms with Crippen LogP contribution >= 0.6 is 0 Å². The maximum Gasteiger partial charge on any atom is 0.137 e. The second kappa shape index (κ2) is 4.80. The summed E-state index contributed by atoms with van der Waals surface area (Å²) in [5.74, 6) is 0.859. The lowest BCUT2D eigenvalue weighted by molar-refractivity contribution is -0.114. The van der Waals surface area contributed by atoms with Crippen molar-refractivity contribution < 1.29 is 4.79 Å². The molecule has 1 nitrogen and oxygen atoms in total. The third kappa shape index (κ3) is 3.02. The average molecular weight is 173 g/mol. The van der Waals surface area contributed by atoms with Crippen molar-refractivity contribution in [1.82, 2.24) is 0 Å². The van der Waals surface area contributed by atoms with E-state index in [1.165, 1.54) is 0 Å². The van der Waals surface area contributed by atoms with Crippen LogP contribution in [0, 0.1) is 18.8 Å². The van der Waals surface area contributed by atoms with Crippen molar-refractivity contribution in [3.8, 4) is 0 Å². The molecule has 1 aromatic rings. The summed E-state index contributed by atoms with van der Waals surface area (Å²) in [5, 5.41) is 0. The van der Waals surface area contributed by atoms with Gasteiger partial charge < -0.3 is 0 Å². The molecule has 0 N–H and O–H groups in total. The number of hydrogen-bond donors (Lipinski definition) is 0. The largest absolute Gasteiger partial charge is 0.299 e. The Balaban J connectivity index is 2.62. The lowest BCUT2D eigenvalue weighted by Gasteiger charge is -2.08. The Kier molecular flexibility index (Phi) is 3.69. The van der Waals surface area contributed by atoms with Crippen molar-refractivity contribution in [2.45, 2.75) is 13.8 Å². The third-order valence-electron chi connectivity index (χ3n) is 1.84. The summed E-state index contributed by atoms with van der Waals surface area (Å²) in [5.41, 5.74) is 1.06. The Morgan fingerprint density at radius 2 is 1.85 bits per heavy atom. The van der Waals surface area contributed by atoms with E-state index >= 15 is 0 Å². The first kappa shape index (κ1) is 9.97. The summed E-state index contributed by atoms with van der Waals surface area (Å²) in [6.45, 7) is 3.45. The molecule has 0 fully saturated rings. The minimum atomic E-state index is 0.103. The number of carbonyl (C=O) groups is 1. The Hall–Kier alpha value is -1.11. The van der Waals surface area contributed by atoms with Gasteiger partial charge in [-0.1, -0.05) is 37.3 Å². The summed E-state index contributed by atoms with van der Waals surface area (Å²) in [6.07, 6.45) is 3.72. The second-order valence-corrected chi connectivity index (χ2v) is 2.86. The molecule has 1 aromatic carbocycles. The fourth-order valence-electron chi connectivity index (χ4n) is 1.12. The topological polar surface area (TPSA) is 17.1 Å². The van der Waals surface area contributed by atoms with Crippen molar-refractivity contribution in [3.05, 3.63) is 54.7 Å². The molecule has 0 atom stereocenters. The minimum Gasteiger partial charge on any atom is -0.299 e. The van der Waals surface area contributed by atoms with Gasteiger partial charge in [-0.2, -0.15) is 0 Å². The molecule has 0 aliphatic rings. The first-order chi connectivity index (χ1) is 6.24. The molecule has 0 unspecified atom stereocenters. The van der Waals surface area contributed by atoms with Crippen LogP contribution in [0.15, 0.2) is 30.3 Å². The zero-order valence-corrected chi connectivity index (χ0v) is 7.95. The lowest BCUT2D eigenvalue weighted by Crippen LogP contribution is -2.08. The highest BCUT2D eigenvalue weighted by Gasteiger charge is 2.13. The number of Topliss-reactive ketones (excluding diaryl/α,β-unsaturated/α-hetero) is 1. The van der Waals surface area contributed by atoms with Gasteiger partial charge in [0.25, 0.3) is 0 Å². The van der Waals surface area contributed by atoms with Gasteiger partial charge in [-0.05, 0) is 18.9 Å². The van der Waals surface area contributed by atoms with Crippen molar-refractivity contribution in [3.63, 3.8) is 0 Å². The molecule has 0 spiro atoms. The maximum atomic E-state index is 11.1. The maximum absolute atomic E-state index is 11.1. The molecule has 0 aliphatic carbocycles. The van der Waals surface area contributed by atoms with Crippen LogP contribution in [0.4, 0.5) is 0 Å². The van der Waals surface area contributed by atoms with Crippen LogP contribution in [0.1, 0.15) is 19.4 Å². The van der Waals surface area contributed by atoms with Crippen molar-refractivity contribution in [2.24, 2.45) is 0 Å². The van der Waals surface area contributed by atoms with Gasteiger partial charge >= 0.3 is 0 Å². The van der Waals surface area contributed by atoms with E-state index in [-0.39, 0.29) is 5.78 Å². The Bertz CT molecular complexity index is 264. The van der Waals surface area contributed by atoms with Gasteiger partial charge in [-0.3, -0.25) is 4.79 Å². The summed E-state index contributed by atoms with van der Waals surface area (Å²) < 4.78 is 0. The monoisotopic (exact) mass is 173 g/mol. The average Bonchev–Trinajstić information content (AvgIpc) is 2.15. The Morgan fingerprint density at radius 3 is 2.31 bits per heavy atom. The first-order valence-corrected chi connectivity index (χ1v) is 4.31. The fourth-order valence-corrected chi connectivity index (χ4v) is 1.12. The van der Waals surface area contributed by atoms with Crippen LogP contribution in [0.3, 0.4) is 0 Å². The molecule has 3 radical (unpaired) electrons. The van der Waals surface area contributed by atoms with Gasteiger partial charge in [0.15, 0.2) is 0 Å². The van der Waals surface area contributed by atoms with E-state index in [4.69, 9.17) is 0 Å². The first-order valence-electron chi connectivity index (χ1n) is 4.31. The van der Waals surface area contributed by atoms with Crippen molar-refractivity contribution in [1.29, 1.82) is 0 Å². The highest BCUT2D eigenvalue weighted by Crippen LogP contribution is 2.16. The molecule has 0 aromatic heterocycles. The summed E-state index contributed by atoms with van der Waals surface area (Å²) >= 11 is 0. The smallest absolute Gasteiger partial charge is 0.137 e. The van der Waals surface area contributed by atoms with Gasteiger partial charge in [-0.25, -0.2) is 0 Å². The number of carbonyl (C=O) groups excluding carboxylic acids is 1. The molecule has 67 valence electrons. The zero-order valence-electron chi connectivity index (χ0n) is 7.95. The van der Waals surface area contributed by atoms with Gasteiger partial charge in [0.1, 0.15) is 5.78 Å². The molecule has 1 heteroatoms. The van der Waals surface area contributed by atoms with Gasteiger partial charge in [0.2, 0.25) is 0 Å². The van der Waals surface area contributed by atoms with E-state index in [0.717, 1.165) is 11.5 Å². The minimum absolute atomic E-state index is 0.103. The second-order valence-electron chi connectivity index (χ2n) is 2.86. The predicted molar refractivity (Wildman–Crippen MR) is 53.7 cm³/mol. The van der Waals surface area contributed by atoms with Crippen molar-refractivity contribution >= 4 is 5.78 Å². The molecular formula is C12H13O. The highest BCUT2D eigenvalue weighted by molar-refractivity contribution is 5.94. The molecule has 0 bridgehead atoms. The molecule has 13 heavy (non-hydrogen) atoms.